The lowest BCUT2D eigenvalue weighted by Crippen LogP contribution is -2.53. The average Bonchev–Trinajstić information content (AvgIpc) is 2.05. The molecule has 0 bridgehead atoms. The van der Waals surface area contributed by atoms with Crippen LogP contribution in [0.1, 0.15) is 13.8 Å². The SMILES string of the molecule is CC(C)C(=O)[C@@H]1CNCCN1. The van der Waals surface area contributed by atoms with Crippen LogP contribution >= 0.6 is 0 Å². The van der Waals surface area contributed by atoms with Crippen molar-refractivity contribution in [3.8, 4) is 0 Å². The van der Waals surface area contributed by atoms with Crippen molar-refractivity contribution in [1.29, 1.82) is 0 Å². The van der Waals surface area contributed by atoms with Crippen LogP contribution in [0, 0.1) is 5.92 Å². The van der Waals surface area contributed by atoms with E-state index in [0.29, 0.717) is 5.78 Å². The number of piperazine rings is 1. The van der Waals surface area contributed by atoms with E-state index in [-0.39, 0.29) is 12.0 Å². The Hall–Kier alpha value is -0.410. The molecule has 2 N–H and O–H groups in total. The second-order valence-electron chi connectivity index (χ2n) is 3.27. The molecule has 0 amide bonds. The van der Waals surface area contributed by atoms with E-state index in [1.54, 1.807) is 0 Å². The van der Waals surface area contributed by atoms with Crippen molar-refractivity contribution in [2.75, 3.05) is 19.6 Å². The van der Waals surface area contributed by atoms with E-state index in [2.05, 4.69) is 10.6 Å². The highest BCUT2D eigenvalue weighted by molar-refractivity contribution is 5.86. The first-order valence-electron chi connectivity index (χ1n) is 4.19. The van der Waals surface area contributed by atoms with E-state index >= 15 is 0 Å². The molecule has 0 spiro atoms. The molecule has 0 unspecified atom stereocenters. The molecule has 1 fully saturated rings. The van der Waals surface area contributed by atoms with Crippen molar-refractivity contribution in [2.24, 2.45) is 5.92 Å². The zero-order chi connectivity index (χ0) is 8.27. The standard InChI is InChI=1S/C8H16N2O/c1-6(2)8(11)7-5-9-3-4-10-7/h6-7,9-10H,3-5H2,1-2H3/t7-/m0/s1. The highest BCUT2D eigenvalue weighted by Crippen LogP contribution is 2.00. The predicted octanol–water partition coefficient (Wildman–Crippen LogP) is -0.227. The summed E-state index contributed by atoms with van der Waals surface area (Å²) in [5.74, 6) is 0.463. The zero-order valence-corrected chi connectivity index (χ0v) is 7.18. The second kappa shape index (κ2) is 3.83. The van der Waals surface area contributed by atoms with Crippen LogP contribution in [0.4, 0.5) is 0 Å². The molecule has 0 aliphatic carbocycles. The Morgan fingerprint density at radius 1 is 1.45 bits per heavy atom. The quantitative estimate of drug-likeness (QED) is 0.580. The van der Waals surface area contributed by atoms with Gasteiger partial charge in [0, 0.05) is 25.6 Å². The van der Waals surface area contributed by atoms with Crippen LogP contribution in [0.5, 0.6) is 0 Å². The molecule has 3 nitrogen and oxygen atoms in total. The molecular weight excluding hydrogens is 140 g/mol. The van der Waals surface area contributed by atoms with Gasteiger partial charge in [0.25, 0.3) is 0 Å². The van der Waals surface area contributed by atoms with Crippen LogP contribution in [0.3, 0.4) is 0 Å². The van der Waals surface area contributed by atoms with Crippen LogP contribution in [0.15, 0.2) is 0 Å². The maximum absolute atomic E-state index is 11.4. The highest BCUT2D eigenvalue weighted by Gasteiger charge is 2.21. The van der Waals surface area contributed by atoms with E-state index in [1.165, 1.54) is 0 Å². The van der Waals surface area contributed by atoms with E-state index in [0.717, 1.165) is 19.6 Å². The molecule has 1 atom stereocenters. The molecule has 0 saturated carbocycles. The number of nitrogens with one attached hydrogen (secondary N) is 2. The van der Waals surface area contributed by atoms with E-state index < -0.39 is 0 Å². The van der Waals surface area contributed by atoms with Gasteiger partial charge in [0.1, 0.15) is 0 Å². The molecular formula is C8H16N2O. The van der Waals surface area contributed by atoms with Crippen molar-refractivity contribution >= 4 is 5.78 Å². The summed E-state index contributed by atoms with van der Waals surface area (Å²) in [6.45, 7) is 6.55. The smallest absolute Gasteiger partial charge is 0.153 e. The van der Waals surface area contributed by atoms with E-state index in [1.807, 2.05) is 13.8 Å². The third-order valence-electron chi connectivity index (χ3n) is 1.95. The number of ketones is 1. The Morgan fingerprint density at radius 2 is 2.18 bits per heavy atom. The molecule has 11 heavy (non-hydrogen) atoms. The van der Waals surface area contributed by atoms with Crippen molar-refractivity contribution < 1.29 is 4.79 Å². The summed E-state index contributed by atoms with van der Waals surface area (Å²) in [6, 6.07) is 0.0451. The Labute approximate surface area is 67.5 Å². The summed E-state index contributed by atoms with van der Waals surface area (Å²) in [5, 5.41) is 6.38. The van der Waals surface area contributed by atoms with Gasteiger partial charge in [0.05, 0.1) is 6.04 Å². The molecule has 0 radical (unpaired) electrons. The van der Waals surface area contributed by atoms with Crippen LogP contribution in [-0.2, 0) is 4.79 Å². The van der Waals surface area contributed by atoms with Crippen LogP contribution in [0.25, 0.3) is 0 Å². The maximum atomic E-state index is 11.4. The van der Waals surface area contributed by atoms with Gasteiger partial charge < -0.3 is 10.6 Å². The van der Waals surface area contributed by atoms with Gasteiger partial charge in [-0.25, -0.2) is 0 Å². The third-order valence-corrected chi connectivity index (χ3v) is 1.95. The lowest BCUT2D eigenvalue weighted by Gasteiger charge is -2.24. The van der Waals surface area contributed by atoms with E-state index in [4.69, 9.17) is 0 Å². The van der Waals surface area contributed by atoms with Gasteiger partial charge in [0.15, 0.2) is 5.78 Å². The molecule has 1 saturated heterocycles. The molecule has 1 aliphatic rings. The fourth-order valence-electron chi connectivity index (χ4n) is 1.26. The Morgan fingerprint density at radius 3 is 2.64 bits per heavy atom. The highest BCUT2D eigenvalue weighted by atomic mass is 16.1. The summed E-state index contributed by atoms with van der Waals surface area (Å²) in [6.07, 6.45) is 0. The molecule has 0 aromatic rings. The number of hydrogen-bond donors (Lipinski definition) is 2. The summed E-state index contributed by atoms with van der Waals surface area (Å²) in [5.41, 5.74) is 0. The number of rotatable bonds is 2. The monoisotopic (exact) mass is 156 g/mol. The van der Waals surface area contributed by atoms with Gasteiger partial charge in [0.2, 0.25) is 0 Å². The fourth-order valence-corrected chi connectivity index (χ4v) is 1.26. The third kappa shape index (κ3) is 2.27. The van der Waals surface area contributed by atoms with Gasteiger partial charge in [-0.3, -0.25) is 4.79 Å². The summed E-state index contributed by atoms with van der Waals surface area (Å²) in [4.78, 5) is 11.4. The number of carbonyl (C=O) groups is 1. The molecule has 1 heterocycles. The summed E-state index contributed by atoms with van der Waals surface area (Å²) in [7, 11) is 0. The Kier molecular flexibility index (Phi) is 3.02. The molecule has 1 aliphatic heterocycles. The summed E-state index contributed by atoms with van der Waals surface area (Å²) >= 11 is 0. The van der Waals surface area contributed by atoms with Gasteiger partial charge >= 0.3 is 0 Å². The van der Waals surface area contributed by atoms with Crippen LogP contribution in [-0.4, -0.2) is 31.5 Å². The van der Waals surface area contributed by atoms with Crippen molar-refractivity contribution in [1.82, 2.24) is 10.6 Å². The number of carbonyl (C=O) groups excluding carboxylic acids is 1. The minimum absolute atomic E-state index is 0.0451. The average molecular weight is 156 g/mol. The lowest BCUT2D eigenvalue weighted by molar-refractivity contribution is -0.124. The molecule has 64 valence electrons. The second-order valence-corrected chi connectivity index (χ2v) is 3.27. The van der Waals surface area contributed by atoms with E-state index in [9.17, 15) is 4.79 Å². The molecule has 0 aromatic heterocycles. The first kappa shape index (κ1) is 8.68. The molecule has 3 heteroatoms. The topological polar surface area (TPSA) is 41.1 Å². The van der Waals surface area contributed by atoms with Gasteiger partial charge in [-0.1, -0.05) is 13.8 Å². The van der Waals surface area contributed by atoms with Crippen molar-refractivity contribution in [3.63, 3.8) is 0 Å². The number of Topliss-reactive ketones (excluding diaryl/α,β-unsaturated/α-hetero) is 1. The number of hydrogen-bond acceptors (Lipinski definition) is 3. The van der Waals surface area contributed by atoms with Gasteiger partial charge in [-0.2, -0.15) is 0 Å². The molecule has 0 aromatic carbocycles. The van der Waals surface area contributed by atoms with Crippen molar-refractivity contribution in [2.45, 2.75) is 19.9 Å². The summed E-state index contributed by atoms with van der Waals surface area (Å²) < 4.78 is 0. The largest absolute Gasteiger partial charge is 0.313 e. The zero-order valence-electron chi connectivity index (χ0n) is 7.18. The lowest BCUT2D eigenvalue weighted by atomic mass is 10.0. The maximum Gasteiger partial charge on any atom is 0.153 e. The Balaban J connectivity index is 2.39. The van der Waals surface area contributed by atoms with Crippen LogP contribution in [0.2, 0.25) is 0 Å². The minimum Gasteiger partial charge on any atom is -0.313 e. The Bertz CT molecular complexity index is 139. The first-order valence-corrected chi connectivity index (χ1v) is 4.19. The minimum atomic E-state index is 0.0451. The molecule has 1 rings (SSSR count). The first-order chi connectivity index (χ1) is 5.22. The van der Waals surface area contributed by atoms with Gasteiger partial charge in [-0.05, 0) is 0 Å². The normalized spacial score (nSPS) is 25.5. The van der Waals surface area contributed by atoms with Crippen LogP contribution < -0.4 is 10.6 Å². The predicted molar refractivity (Wildman–Crippen MR) is 44.5 cm³/mol. The fraction of sp³-hybridized carbons (Fsp3) is 0.875. The van der Waals surface area contributed by atoms with Crippen molar-refractivity contribution in [3.05, 3.63) is 0 Å². The van der Waals surface area contributed by atoms with Gasteiger partial charge in [-0.15, -0.1) is 0 Å².